The van der Waals surface area contributed by atoms with Crippen molar-refractivity contribution in [2.45, 2.75) is 39.5 Å². The van der Waals surface area contributed by atoms with E-state index in [1.165, 1.54) is 19.3 Å². The molecule has 0 radical (unpaired) electrons. The lowest BCUT2D eigenvalue weighted by Crippen LogP contribution is -2.27. The Labute approximate surface area is 114 Å². The molecule has 18 heavy (non-hydrogen) atoms. The average Bonchev–Trinajstić information content (AvgIpc) is 2.89. The molecular weight excluding hydrogens is 242 g/mol. The van der Waals surface area contributed by atoms with E-state index in [1.807, 2.05) is 23.6 Å². The van der Waals surface area contributed by atoms with Gasteiger partial charge in [0.1, 0.15) is 0 Å². The topological polar surface area (TPSA) is 29.1 Å². The molecule has 0 aromatic carbocycles. The van der Waals surface area contributed by atoms with Gasteiger partial charge in [-0.25, -0.2) is 0 Å². The molecule has 1 rings (SSSR count). The number of unbranched alkanes of at least 4 members (excludes halogenated alkanes) is 1. The Balaban J connectivity index is 2.27. The summed E-state index contributed by atoms with van der Waals surface area (Å²) in [6, 6.07) is 3.99. The molecule has 0 saturated carbocycles. The normalized spacial score (nSPS) is 12.8. The zero-order chi connectivity index (χ0) is 13.2. The van der Waals surface area contributed by atoms with Gasteiger partial charge < -0.3 is 5.32 Å². The molecule has 0 spiro atoms. The van der Waals surface area contributed by atoms with Gasteiger partial charge in [0, 0.05) is 17.5 Å². The lowest BCUT2D eigenvalue weighted by atomic mass is 9.99. The molecule has 0 bridgehead atoms. The molecule has 0 fully saturated rings. The molecule has 1 N–H and O–H groups in total. The zero-order valence-electron chi connectivity index (χ0n) is 11.3. The highest BCUT2D eigenvalue weighted by Gasteiger charge is 2.06. The Morgan fingerprint density at radius 1 is 1.50 bits per heavy atom. The minimum absolute atomic E-state index is 0.0124. The highest BCUT2D eigenvalue weighted by Crippen LogP contribution is 2.12. The number of carbonyl (C=O) groups is 1. The minimum atomic E-state index is 0.0124. The molecule has 1 amide bonds. The highest BCUT2D eigenvalue weighted by atomic mass is 32.1. The molecule has 1 atom stereocenters. The van der Waals surface area contributed by atoms with Crippen molar-refractivity contribution in [3.05, 3.63) is 28.5 Å². The Morgan fingerprint density at radius 3 is 2.94 bits per heavy atom. The van der Waals surface area contributed by atoms with E-state index in [-0.39, 0.29) is 5.91 Å². The summed E-state index contributed by atoms with van der Waals surface area (Å²) in [6.45, 7) is 5.19. The van der Waals surface area contributed by atoms with Crippen molar-refractivity contribution in [3.8, 4) is 0 Å². The third kappa shape index (κ3) is 6.01. The molecule has 1 aromatic rings. The number of hydrogen-bond donors (Lipinski definition) is 1. The summed E-state index contributed by atoms with van der Waals surface area (Å²) in [5.41, 5.74) is 0. The van der Waals surface area contributed by atoms with Gasteiger partial charge in [0.25, 0.3) is 0 Å². The van der Waals surface area contributed by atoms with Crippen molar-refractivity contribution >= 4 is 23.3 Å². The summed E-state index contributed by atoms with van der Waals surface area (Å²) in [5, 5.41) is 4.99. The molecule has 0 aliphatic heterocycles. The number of nitrogens with one attached hydrogen (secondary N) is 1. The maximum absolute atomic E-state index is 11.6. The molecule has 0 unspecified atom stereocenters. The van der Waals surface area contributed by atoms with Crippen LogP contribution in [0.1, 0.15) is 44.4 Å². The second kappa shape index (κ2) is 8.92. The fourth-order valence-electron chi connectivity index (χ4n) is 1.79. The second-order valence-electron chi connectivity index (χ2n) is 4.51. The van der Waals surface area contributed by atoms with Crippen LogP contribution in [0.5, 0.6) is 0 Å². The van der Waals surface area contributed by atoms with E-state index in [4.69, 9.17) is 0 Å². The number of carbonyl (C=O) groups excluding carboxylic acids is 1. The molecule has 0 aliphatic carbocycles. The highest BCUT2D eigenvalue weighted by molar-refractivity contribution is 7.10. The maximum Gasteiger partial charge on any atom is 0.244 e. The van der Waals surface area contributed by atoms with Gasteiger partial charge in [-0.15, -0.1) is 11.3 Å². The van der Waals surface area contributed by atoms with E-state index in [0.29, 0.717) is 5.92 Å². The molecule has 1 heterocycles. The number of thiophene rings is 1. The third-order valence-electron chi connectivity index (χ3n) is 3.05. The van der Waals surface area contributed by atoms with Crippen LogP contribution in [-0.2, 0) is 4.79 Å². The Morgan fingerprint density at radius 2 is 2.33 bits per heavy atom. The summed E-state index contributed by atoms with van der Waals surface area (Å²) in [6.07, 6.45) is 8.31. The van der Waals surface area contributed by atoms with Gasteiger partial charge in [0.15, 0.2) is 0 Å². The van der Waals surface area contributed by atoms with Crippen LogP contribution in [0.2, 0.25) is 0 Å². The second-order valence-corrected chi connectivity index (χ2v) is 5.49. The van der Waals surface area contributed by atoms with Crippen molar-refractivity contribution in [3.63, 3.8) is 0 Å². The lowest BCUT2D eigenvalue weighted by molar-refractivity contribution is -0.116. The first kappa shape index (κ1) is 15.0. The molecule has 0 saturated heterocycles. The van der Waals surface area contributed by atoms with Crippen molar-refractivity contribution in [1.82, 2.24) is 5.32 Å². The van der Waals surface area contributed by atoms with Crippen LogP contribution >= 0.6 is 11.3 Å². The number of rotatable bonds is 8. The van der Waals surface area contributed by atoms with Gasteiger partial charge in [-0.05, 0) is 29.9 Å². The van der Waals surface area contributed by atoms with Crippen molar-refractivity contribution in [1.29, 1.82) is 0 Å². The van der Waals surface area contributed by atoms with Crippen LogP contribution in [0.4, 0.5) is 0 Å². The van der Waals surface area contributed by atoms with Crippen LogP contribution in [0.3, 0.4) is 0 Å². The quantitative estimate of drug-likeness (QED) is 0.705. The SMILES string of the molecule is CCCC[C@@H](CC)CNC(=O)/C=C/c1cccs1. The van der Waals surface area contributed by atoms with Crippen LogP contribution in [-0.4, -0.2) is 12.5 Å². The van der Waals surface area contributed by atoms with Crippen LogP contribution in [0.15, 0.2) is 23.6 Å². The maximum atomic E-state index is 11.6. The largest absolute Gasteiger partial charge is 0.352 e. The first-order valence-corrected chi connectivity index (χ1v) is 7.63. The lowest BCUT2D eigenvalue weighted by Gasteiger charge is -2.14. The van der Waals surface area contributed by atoms with Gasteiger partial charge in [-0.2, -0.15) is 0 Å². The predicted octanol–water partition coefficient (Wildman–Crippen LogP) is 4.09. The Bertz CT molecular complexity index is 357. The van der Waals surface area contributed by atoms with Gasteiger partial charge in [-0.3, -0.25) is 4.79 Å². The van der Waals surface area contributed by atoms with Gasteiger partial charge in [-0.1, -0.05) is 39.2 Å². The summed E-state index contributed by atoms with van der Waals surface area (Å²) < 4.78 is 0. The van der Waals surface area contributed by atoms with Crippen LogP contribution in [0.25, 0.3) is 6.08 Å². The average molecular weight is 265 g/mol. The molecule has 1 aromatic heterocycles. The zero-order valence-corrected chi connectivity index (χ0v) is 12.1. The van der Waals surface area contributed by atoms with Gasteiger partial charge >= 0.3 is 0 Å². The predicted molar refractivity (Wildman–Crippen MR) is 79.7 cm³/mol. The van der Waals surface area contributed by atoms with Crippen molar-refractivity contribution in [2.75, 3.05) is 6.54 Å². The van der Waals surface area contributed by atoms with Crippen molar-refractivity contribution < 1.29 is 4.79 Å². The van der Waals surface area contributed by atoms with Crippen LogP contribution < -0.4 is 5.32 Å². The summed E-state index contributed by atoms with van der Waals surface area (Å²) in [5.74, 6) is 0.627. The minimum Gasteiger partial charge on any atom is -0.352 e. The number of hydrogen-bond acceptors (Lipinski definition) is 2. The van der Waals surface area contributed by atoms with Gasteiger partial charge in [0.05, 0.1) is 0 Å². The summed E-state index contributed by atoms with van der Waals surface area (Å²) in [4.78, 5) is 12.8. The van der Waals surface area contributed by atoms with E-state index < -0.39 is 0 Å². The van der Waals surface area contributed by atoms with E-state index in [1.54, 1.807) is 17.4 Å². The molecule has 3 heteroatoms. The monoisotopic (exact) mass is 265 g/mol. The van der Waals surface area contributed by atoms with E-state index >= 15 is 0 Å². The first-order chi connectivity index (χ1) is 8.76. The molecule has 2 nitrogen and oxygen atoms in total. The molecule has 100 valence electrons. The standard InChI is InChI=1S/C15H23NOS/c1-3-5-7-13(4-2)12-16-15(17)10-9-14-8-6-11-18-14/h6,8-11,13H,3-5,7,12H2,1-2H3,(H,16,17)/b10-9+/t13-/m1/s1. The summed E-state index contributed by atoms with van der Waals surface area (Å²) in [7, 11) is 0. The van der Waals surface area contributed by atoms with Gasteiger partial charge in [0.2, 0.25) is 5.91 Å². The Kier molecular flexibility index (Phi) is 7.42. The third-order valence-corrected chi connectivity index (χ3v) is 3.89. The Hall–Kier alpha value is -1.09. The van der Waals surface area contributed by atoms with Crippen molar-refractivity contribution in [2.24, 2.45) is 5.92 Å². The smallest absolute Gasteiger partial charge is 0.244 e. The molecule has 0 aliphatic rings. The number of amides is 1. The van der Waals surface area contributed by atoms with E-state index in [0.717, 1.165) is 17.8 Å². The summed E-state index contributed by atoms with van der Waals surface area (Å²) >= 11 is 1.64. The van der Waals surface area contributed by atoms with E-state index in [2.05, 4.69) is 19.2 Å². The van der Waals surface area contributed by atoms with E-state index in [9.17, 15) is 4.79 Å². The first-order valence-electron chi connectivity index (χ1n) is 6.75. The fourth-order valence-corrected chi connectivity index (χ4v) is 2.41. The fraction of sp³-hybridized carbons (Fsp3) is 0.533. The molecular formula is C15H23NOS. The van der Waals surface area contributed by atoms with Crippen LogP contribution in [0, 0.1) is 5.92 Å².